The van der Waals surface area contributed by atoms with Crippen LogP contribution in [0, 0.1) is 5.92 Å². The van der Waals surface area contributed by atoms with E-state index in [-0.39, 0.29) is 11.3 Å². The summed E-state index contributed by atoms with van der Waals surface area (Å²) in [4.78, 5) is 11.1. The molecular formula is C25H37ClO2. The molecule has 1 saturated carbocycles. The van der Waals surface area contributed by atoms with Gasteiger partial charge in [0.05, 0.1) is 7.11 Å². The number of halogens is 1. The molecule has 0 saturated heterocycles. The second kappa shape index (κ2) is 13.0. The minimum absolute atomic E-state index is 0.122. The van der Waals surface area contributed by atoms with Gasteiger partial charge in [0.25, 0.3) is 0 Å². The van der Waals surface area contributed by atoms with Gasteiger partial charge in [-0.05, 0) is 62.0 Å². The molecule has 0 radical (unpaired) electrons. The molecule has 1 aromatic carbocycles. The Morgan fingerprint density at radius 1 is 1.11 bits per heavy atom. The molecule has 0 N–H and O–H groups in total. The number of allylic oxidation sites excluding steroid dienone is 2. The number of aryl methyl sites for hydroxylation is 1. The zero-order valence-electron chi connectivity index (χ0n) is 17.7. The molecule has 2 nitrogen and oxygen atoms in total. The number of methoxy groups -OCH3 is 1. The van der Waals surface area contributed by atoms with Gasteiger partial charge in [-0.3, -0.25) is 4.79 Å². The number of benzene rings is 1. The smallest absolute Gasteiger partial charge is 0.305 e. The van der Waals surface area contributed by atoms with Crippen LogP contribution < -0.4 is 0 Å². The van der Waals surface area contributed by atoms with Gasteiger partial charge in [0.15, 0.2) is 0 Å². The van der Waals surface area contributed by atoms with Crippen LogP contribution in [-0.2, 0) is 16.0 Å². The van der Waals surface area contributed by atoms with E-state index in [4.69, 9.17) is 11.6 Å². The molecule has 0 heterocycles. The Hall–Kier alpha value is -1.28. The maximum absolute atomic E-state index is 11.1. The van der Waals surface area contributed by atoms with E-state index in [1.807, 2.05) is 0 Å². The quantitative estimate of drug-likeness (QED) is 0.159. The van der Waals surface area contributed by atoms with Crippen LogP contribution in [0.1, 0.15) is 88.2 Å². The molecule has 0 spiro atoms. The number of hydrogen-bond donors (Lipinski definition) is 0. The Kier molecular flexibility index (Phi) is 10.7. The van der Waals surface area contributed by atoms with E-state index >= 15 is 0 Å². The molecule has 0 amide bonds. The molecule has 0 aromatic heterocycles. The van der Waals surface area contributed by atoms with Crippen LogP contribution in [0.25, 0.3) is 0 Å². The zero-order valence-corrected chi connectivity index (χ0v) is 18.4. The van der Waals surface area contributed by atoms with E-state index in [0.717, 1.165) is 25.7 Å². The van der Waals surface area contributed by atoms with Gasteiger partial charge in [-0.2, -0.15) is 0 Å². The molecule has 0 aliphatic heterocycles. The van der Waals surface area contributed by atoms with Gasteiger partial charge in [-0.1, -0.05) is 62.6 Å². The third-order valence-corrected chi connectivity index (χ3v) is 6.47. The summed E-state index contributed by atoms with van der Waals surface area (Å²) in [5, 5.41) is 0.244. The average Bonchev–Trinajstić information content (AvgIpc) is 3.08. The second-order valence-electron chi connectivity index (χ2n) is 8.11. The Balaban J connectivity index is 1.82. The third-order valence-electron chi connectivity index (χ3n) is 5.98. The predicted molar refractivity (Wildman–Crippen MR) is 119 cm³/mol. The van der Waals surface area contributed by atoms with Gasteiger partial charge in [-0.15, -0.1) is 11.6 Å². The van der Waals surface area contributed by atoms with Crippen molar-refractivity contribution in [3.8, 4) is 0 Å². The lowest BCUT2D eigenvalue weighted by Gasteiger charge is -2.22. The Morgan fingerprint density at radius 2 is 1.89 bits per heavy atom. The number of alkyl halides is 1. The first kappa shape index (κ1) is 23.0. The number of unbranched alkanes of at least 4 members (excludes halogenated alkanes) is 4. The van der Waals surface area contributed by atoms with Crippen molar-refractivity contribution < 1.29 is 9.53 Å². The molecule has 2 rings (SSSR count). The van der Waals surface area contributed by atoms with Crippen molar-refractivity contribution in [2.75, 3.05) is 7.11 Å². The van der Waals surface area contributed by atoms with Gasteiger partial charge in [0.1, 0.15) is 0 Å². The van der Waals surface area contributed by atoms with E-state index in [1.54, 1.807) is 0 Å². The molecule has 28 heavy (non-hydrogen) atoms. The topological polar surface area (TPSA) is 26.3 Å². The third kappa shape index (κ3) is 7.62. The molecule has 3 heteroatoms. The van der Waals surface area contributed by atoms with E-state index in [0.29, 0.717) is 18.3 Å². The summed E-state index contributed by atoms with van der Waals surface area (Å²) in [6.45, 7) is 2.26. The van der Waals surface area contributed by atoms with E-state index < -0.39 is 0 Å². The van der Waals surface area contributed by atoms with Crippen molar-refractivity contribution in [2.24, 2.45) is 5.92 Å². The van der Waals surface area contributed by atoms with Gasteiger partial charge in [-0.25, -0.2) is 0 Å². The lowest BCUT2D eigenvalue weighted by molar-refractivity contribution is -0.140. The van der Waals surface area contributed by atoms with Crippen LogP contribution in [0.2, 0.25) is 0 Å². The summed E-state index contributed by atoms with van der Waals surface area (Å²) >= 11 is 6.70. The van der Waals surface area contributed by atoms with Crippen molar-refractivity contribution in [3.05, 3.63) is 47.5 Å². The lowest BCUT2D eigenvalue weighted by Crippen LogP contribution is -2.12. The highest BCUT2D eigenvalue weighted by atomic mass is 35.5. The highest BCUT2D eigenvalue weighted by molar-refractivity contribution is 6.21. The molecular weight excluding hydrogens is 368 g/mol. The highest BCUT2D eigenvalue weighted by Crippen LogP contribution is 2.44. The van der Waals surface area contributed by atoms with Crippen LogP contribution in [-0.4, -0.2) is 18.5 Å². The second-order valence-corrected chi connectivity index (χ2v) is 8.67. The number of rotatable bonds is 12. The number of esters is 1. The lowest BCUT2D eigenvalue weighted by atomic mass is 9.86. The molecule has 1 fully saturated rings. The largest absolute Gasteiger partial charge is 0.469 e. The van der Waals surface area contributed by atoms with Gasteiger partial charge >= 0.3 is 5.97 Å². The highest BCUT2D eigenvalue weighted by Gasteiger charge is 2.35. The van der Waals surface area contributed by atoms with E-state index in [2.05, 4.69) is 48.1 Å². The van der Waals surface area contributed by atoms with Crippen LogP contribution in [0.15, 0.2) is 36.4 Å². The number of hydrogen-bond acceptors (Lipinski definition) is 2. The van der Waals surface area contributed by atoms with E-state index in [9.17, 15) is 4.79 Å². The average molecular weight is 405 g/mol. The fourth-order valence-corrected chi connectivity index (χ4v) is 4.77. The van der Waals surface area contributed by atoms with Crippen molar-refractivity contribution in [1.82, 2.24) is 0 Å². The standard InChI is InChI=1S/C25H37ClO2/c1-3-4-5-8-11-20-14-16-22(17-15-20)25-21(18-19-23(25)26)12-9-6-7-10-13-24(27)28-2/h6,9,14-17,21,23,25H,3-5,7-8,10-13,18-19H2,1-2H3. The normalized spacial score (nSPS) is 22.0. The van der Waals surface area contributed by atoms with Gasteiger partial charge in [0.2, 0.25) is 0 Å². The van der Waals surface area contributed by atoms with Crippen LogP contribution >= 0.6 is 11.6 Å². The molecule has 1 aliphatic carbocycles. The van der Waals surface area contributed by atoms with Crippen molar-refractivity contribution >= 4 is 17.6 Å². The van der Waals surface area contributed by atoms with Gasteiger partial charge in [0, 0.05) is 17.7 Å². The van der Waals surface area contributed by atoms with Crippen LogP contribution in [0.3, 0.4) is 0 Å². The first-order valence-electron chi connectivity index (χ1n) is 11.1. The van der Waals surface area contributed by atoms with Crippen molar-refractivity contribution in [1.29, 1.82) is 0 Å². The molecule has 1 aromatic rings. The summed E-state index contributed by atoms with van der Waals surface area (Å²) in [7, 11) is 1.44. The van der Waals surface area contributed by atoms with Gasteiger partial charge < -0.3 is 4.74 Å². The zero-order chi connectivity index (χ0) is 20.2. The first-order chi connectivity index (χ1) is 13.7. The van der Waals surface area contributed by atoms with Crippen LogP contribution in [0.4, 0.5) is 0 Å². The molecule has 3 unspecified atom stereocenters. The predicted octanol–water partition coefficient (Wildman–Crippen LogP) is 7.20. The SMILES string of the molecule is CCCCCCc1ccc(C2C(Cl)CCC2CC=CCCCC(=O)OC)cc1. The summed E-state index contributed by atoms with van der Waals surface area (Å²) in [5.41, 5.74) is 2.85. The maximum Gasteiger partial charge on any atom is 0.305 e. The summed E-state index contributed by atoms with van der Waals surface area (Å²) < 4.78 is 4.68. The van der Waals surface area contributed by atoms with Crippen molar-refractivity contribution in [3.63, 3.8) is 0 Å². The molecule has 0 bridgehead atoms. The van der Waals surface area contributed by atoms with Crippen molar-refractivity contribution in [2.45, 2.75) is 88.8 Å². The fourth-order valence-electron chi connectivity index (χ4n) is 4.29. The Bertz CT molecular complexity index is 593. The molecule has 1 aliphatic rings. The minimum Gasteiger partial charge on any atom is -0.469 e. The summed E-state index contributed by atoms with van der Waals surface area (Å²) in [5.74, 6) is 0.952. The maximum atomic E-state index is 11.1. The summed E-state index contributed by atoms with van der Waals surface area (Å²) in [6.07, 6.45) is 16.6. The Labute approximate surface area is 176 Å². The molecule has 3 atom stereocenters. The minimum atomic E-state index is -0.122. The fraction of sp³-hybridized carbons (Fsp3) is 0.640. The molecule has 156 valence electrons. The number of carbonyl (C=O) groups excluding carboxylic acids is 1. The van der Waals surface area contributed by atoms with Crippen LogP contribution in [0.5, 0.6) is 0 Å². The van der Waals surface area contributed by atoms with E-state index in [1.165, 1.54) is 56.8 Å². The summed E-state index contributed by atoms with van der Waals surface area (Å²) in [6, 6.07) is 9.24. The Morgan fingerprint density at radius 3 is 2.61 bits per heavy atom. The first-order valence-corrected chi connectivity index (χ1v) is 11.5. The number of carbonyl (C=O) groups is 1. The number of ether oxygens (including phenoxy) is 1. The monoisotopic (exact) mass is 404 g/mol.